The van der Waals surface area contributed by atoms with Crippen molar-refractivity contribution in [3.8, 4) is 0 Å². The third kappa shape index (κ3) is 6.79. The monoisotopic (exact) mass is 716 g/mol. The van der Waals surface area contributed by atoms with Gasteiger partial charge >= 0.3 is 24.2 Å². The van der Waals surface area contributed by atoms with E-state index >= 15 is 4.39 Å². The van der Waals surface area contributed by atoms with Crippen LogP contribution in [-0.2, 0) is 12.1 Å². The summed E-state index contributed by atoms with van der Waals surface area (Å²) >= 11 is 2.42. The van der Waals surface area contributed by atoms with E-state index in [0.29, 0.717) is 0 Å². The quantitative estimate of drug-likeness (QED) is 0.236. The summed E-state index contributed by atoms with van der Waals surface area (Å²) in [6, 6.07) is 8.70. The summed E-state index contributed by atoms with van der Waals surface area (Å²) in [5.74, 6) is -16.4. The molecule has 4 rings (SSSR count). The maximum atomic E-state index is 15.8. The maximum absolute atomic E-state index is 15.8. The molecule has 0 unspecified atom stereocenters. The van der Waals surface area contributed by atoms with Gasteiger partial charge in [0.2, 0.25) is 0 Å². The number of carbonyl (C=O) groups is 2. The van der Waals surface area contributed by atoms with Crippen molar-refractivity contribution in [2.75, 3.05) is 16.8 Å². The highest BCUT2D eigenvalue weighted by Gasteiger charge is 2.73. The fourth-order valence-corrected chi connectivity index (χ4v) is 4.92. The Morgan fingerprint density at radius 1 is 0.911 bits per heavy atom. The van der Waals surface area contributed by atoms with Gasteiger partial charge in [0.1, 0.15) is 0 Å². The van der Waals surface area contributed by atoms with Crippen LogP contribution in [0.4, 0.5) is 59.7 Å². The number of halogens is 12. The molecule has 0 aromatic heterocycles. The molecule has 2 amide bonds. The largest absolute Gasteiger partial charge is 0.460 e. The Balaban J connectivity index is 1.74. The highest BCUT2D eigenvalue weighted by Crippen LogP contribution is 2.53. The first kappa shape index (κ1) is 34.2. The molecule has 45 heavy (non-hydrogen) atoms. The van der Waals surface area contributed by atoms with E-state index in [0.717, 1.165) is 41.5 Å². The zero-order chi connectivity index (χ0) is 33.7. The highest BCUT2D eigenvalue weighted by atomic mass is 79.9. The standard InChI is InChI=1S/C29H20BrF11N2O2/c1-14-4-2-5-16(10-14)25(45)43(13-15-8-9-15)21-7-3-6-18(22(21)31)24(44)42-23-19(27(34,35)36)11-17(12-20(23)30)26(32,33)28(37,38)29(39,40)41/h2-7,10-12,15H,8-9,13H2,1H3,(H,42,44). The summed E-state index contributed by atoms with van der Waals surface area (Å²) < 4.78 is 150. The number of benzene rings is 3. The summed E-state index contributed by atoms with van der Waals surface area (Å²) in [6.07, 6.45) is -11.0. The van der Waals surface area contributed by atoms with Crippen LogP contribution in [0.15, 0.2) is 59.1 Å². The van der Waals surface area contributed by atoms with Crippen LogP contribution in [0.1, 0.15) is 50.2 Å². The zero-order valence-corrected chi connectivity index (χ0v) is 24.3. The number of hydrogen-bond donors (Lipinski definition) is 1. The van der Waals surface area contributed by atoms with E-state index in [2.05, 4.69) is 15.9 Å². The van der Waals surface area contributed by atoms with Gasteiger partial charge in [0.15, 0.2) is 5.82 Å². The molecular weight excluding hydrogens is 697 g/mol. The average molecular weight is 717 g/mol. The Morgan fingerprint density at radius 2 is 1.53 bits per heavy atom. The van der Waals surface area contributed by atoms with Crippen LogP contribution < -0.4 is 10.2 Å². The molecule has 1 saturated carbocycles. The van der Waals surface area contributed by atoms with E-state index in [-0.39, 0.29) is 29.8 Å². The van der Waals surface area contributed by atoms with Crippen LogP contribution >= 0.6 is 15.9 Å². The van der Waals surface area contributed by atoms with Crippen LogP contribution in [-0.4, -0.2) is 30.5 Å². The van der Waals surface area contributed by atoms with Gasteiger partial charge in [-0.15, -0.1) is 0 Å². The van der Waals surface area contributed by atoms with Gasteiger partial charge in [0.25, 0.3) is 11.8 Å². The van der Waals surface area contributed by atoms with Crippen molar-refractivity contribution in [3.63, 3.8) is 0 Å². The van der Waals surface area contributed by atoms with Crippen molar-refractivity contribution in [1.29, 1.82) is 0 Å². The van der Waals surface area contributed by atoms with Crippen LogP contribution in [0.3, 0.4) is 0 Å². The lowest BCUT2D eigenvalue weighted by Gasteiger charge is -2.29. The van der Waals surface area contributed by atoms with Crippen molar-refractivity contribution in [3.05, 3.63) is 92.7 Å². The van der Waals surface area contributed by atoms with Gasteiger partial charge in [-0.2, -0.15) is 43.9 Å². The molecule has 1 aliphatic carbocycles. The van der Waals surface area contributed by atoms with Crippen molar-refractivity contribution in [1.82, 2.24) is 0 Å². The lowest BCUT2D eigenvalue weighted by molar-refractivity contribution is -0.359. The van der Waals surface area contributed by atoms with Gasteiger partial charge < -0.3 is 10.2 Å². The fraction of sp³-hybridized carbons (Fsp3) is 0.310. The topological polar surface area (TPSA) is 49.4 Å². The van der Waals surface area contributed by atoms with Gasteiger partial charge in [0, 0.05) is 22.1 Å². The summed E-state index contributed by atoms with van der Waals surface area (Å²) in [4.78, 5) is 27.5. The molecule has 1 fully saturated rings. The first-order valence-corrected chi connectivity index (χ1v) is 13.7. The Labute approximate surface area is 256 Å². The number of anilines is 2. The molecule has 0 saturated heterocycles. The average Bonchev–Trinajstić information content (AvgIpc) is 3.75. The fourth-order valence-electron chi connectivity index (χ4n) is 4.37. The van der Waals surface area contributed by atoms with E-state index in [1.807, 2.05) is 0 Å². The third-order valence-electron chi connectivity index (χ3n) is 6.91. The minimum atomic E-state index is -6.83. The first-order valence-electron chi connectivity index (χ1n) is 12.9. The van der Waals surface area contributed by atoms with Gasteiger partial charge in [-0.05, 0) is 78.0 Å². The van der Waals surface area contributed by atoms with Crippen molar-refractivity contribution < 1.29 is 57.9 Å². The summed E-state index contributed by atoms with van der Waals surface area (Å²) in [7, 11) is 0. The Bertz CT molecular complexity index is 1630. The second kappa shape index (κ2) is 11.9. The summed E-state index contributed by atoms with van der Waals surface area (Å²) in [5.41, 5.74) is -6.31. The van der Waals surface area contributed by atoms with Crippen molar-refractivity contribution in [2.24, 2.45) is 5.92 Å². The van der Waals surface area contributed by atoms with Crippen LogP contribution in [0.25, 0.3) is 0 Å². The number of carbonyl (C=O) groups excluding carboxylic acids is 2. The molecule has 0 atom stereocenters. The number of rotatable bonds is 8. The van der Waals surface area contributed by atoms with E-state index in [1.165, 1.54) is 6.07 Å². The Morgan fingerprint density at radius 3 is 2.09 bits per heavy atom. The van der Waals surface area contributed by atoms with Crippen LogP contribution in [0, 0.1) is 18.7 Å². The van der Waals surface area contributed by atoms with Gasteiger partial charge in [-0.1, -0.05) is 23.8 Å². The number of nitrogens with zero attached hydrogens (tertiary/aromatic N) is 1. The number of aryl methyl sites for hydroxylation is 1. The zero-order valence-electron chi connectivity index (χ0n) is 22.7. The van der Waals surface area contributed by atoms with E-state index in [9.17, 15) is 53.5 Å². The predicted octanol–water partition coefficient (Wildman–Crippen LogP) is 9.51. The Kier molecular flexibility index (Phi) is 9.05. The molecule has 242 valence electrons. The normalized spacial score (nSPS) is 14.3. The number of amides is 2. The minimum absolute atomic E-state index is 0.0160. The molecule has 4 nitrogen and oxygen atoms in total. The SMILES string of the molecule is Cc1cccc(C(=O)N(CC2CC2)c2cccc(C(=O)Nc3c(Br)cc(C(F)(F)C(F)(F)C(F)(F)F)cc3C(F)(F)F)c2F)c1. The minimum Gasteiger partial charge on any atom is -0.320 e. The highest BCUT2D eigenvalue weighted by molar-refractivity contribution is 9.10. The maximum Gasteiger partial charge on any atom is 0.460 e. The second-order valence-electron chi connectivity index (χ2n) is 10.3. The number of hydrogen-bond acceptors (Lipinski definition) is 2. The molecule has 16 heteroatoms. The predicted molar refractivity (Wildman–Crippen MR) is 144 cm³/mol. The molecule has 0 spiro atoms. The summed E-state index contributed by atoms with van der Waals surface area (Å²) in [5, 5.41) is 1.67. The van der Waals surface area contributed by atoms with Crippen LogP contribution in [0.2, 0.25) is 0 Å². The lowest BCUT2D eigenvalue weighted by atomic mass is 9.98. The van der Waals surface area contributed by atoms with Gasteiger partial charge in [-0.3, -0.25) is 9.59 Å². The smallest absolute Gasteiger partial charge is 0.320 e. The number of alkyl halides is 10. The Hall–Kier alpha value is -3.69. The first-order chi connectivity index (χ1) is 20.7. The second-order valence-corrected chi connectivity index (χ2v) is 11.2. The lowest BCUT2D eigenvalue weighted by Crippen LogP contribution is -2.50. The van der Waals surface area contributed by atoms with Gasteiger partial charge in [0.05, 0.1) is 22.5 Å². The van der Waals surface area contributed by atoms with E-state index in [4.69, 9.17) is 0 Å². The molecule has 0 heterocycles. The van der Waals surface area contributed by atoms with Crippen LogP contribution in [0.5, 0.6) is 0 Å². The molecule has 1 N–H and O–H groups in total. The molecule has 0 bridgehead atoms. The van der Waals surface area contributed by atoms with E-state index in [1.54, 1.807) is 30.4 Å². The van der Waals surface area contributed by atoms with E-state index < -0.39 is 74.7 Å². The molecule has 3 aromatic rings. The summed E-state index contributed by atoms with van der Waals surface area (Å²) in [6.45, 7) is 1.77. The molecule has 0 radical (unpaired) electrons. The van der Waals surface area contributed by atoms with Gasteiger partial charge in [-0.25, -0.2) is 4.39 Å². The molecule has 3 aromatic carbocycles. The molecule has 1 aliphatic rings. The van der Waals surface area contributed by atoms with Crippen molar-refractivity contribution in [2.45, 2.75) is 44.0 Å². The molecule has 0 aliphatic heterocycles. The third-order valence-corrected chi connectivity index (χ3v) is 7.53. The number of nitrogens with one attached hydrogen (secondary N) is 1. The van der Waals surface area contributed by atoms with Crippen molar-refractivity contribution >= 4 is 39.1 Å². The molecular formula is C29H20BrF11N2O2.